The van der Waals surface area contributed by atoms with E-state index in [4.69, 9.17) is 0 Å². The molecule has 6 heteroatoms. The zero-order valence-electron chi connectivity index (χ0n) is 13.8. The first-order valence-corrected chi connectivity index (χ1v) is 9.47. The topological polar surface area (TPSA) is 64.0 Å². The van der Waals surface area contributed by atoms with Crippen LogP contribution in [0.3, 0.4) is 0 Å². The van der Waals surface area contributed by atoms with Crippen LogP contribution in [-0.4, -0.2) is 18.2 Å². The maximum atomic E-state index is 12.8. The van der Waals surface area contributed by atoms with E-state index in [0.717, 1.165) is 24.8 Å². The summed E-state index contributed by atoms with van der Waals surface area (Å²) >= 11 is 0. The second-order valence-electron chi connectivity index (χ2n) is 6.39. The first-order chi connectivity index (χ1) is 10.9. The van der Waals surface area contributed by atoms with Gasteiger partial charge in [-0.25, -0.2) is 13.1 Å². The van der Waals surface area contributed by atoms with Gasteiger partial charge in [0.1, 0.15) is 4.90 Å². The summed E-state index contributed by atoms with van der Waals surface area (Å²) in [5.74, 6) is 0.255. The molecule has 0 saturated carbocycles. The first-order valence-electron chi connectivity index (χ1n) is 7.99. The summed E-state index contributed by atoms with van der Waals surface area (Å²) in [6.07, 6.45) is 4.52. The lowest BCUT2D eigenvalue weighted by Gasteiger charge is -2.24. The van der Waals surface area contributed by atoms with Crippen LogP contribution >= 0.6 is 0 Å². The van der Waals surface area contributed by atoms with Crippen molar-refractivity contribution in [2.24, 2.45) is 13.0 Å². The van der Waals surface area contributed by atoms with Crippen LogP contribution in [-0.2, 0) is 23.5 Å². The number of benzene rings is 1. The fourth-order valence-electron chi connectivity index (χ4n) is 3.31. The minimum atomic E-state index is -3.59. The van der Waals surface area contributed by atoms with Crippen LogP contribution < -0.4 is 4.72 Å². The Morgan fingerprint density at radius 1 is 1.30 bits per heavy atom. The van der Waals surface area contributed by atoms with Crippen molar-refractivity contribution in [3.8, 4) is 0 Å². The molecule has 2 unspecified atom stereocenters. The van der Waals surface area contributed by atoms with Crippen molar-refractivity contribution in [1.29, 1.82) is 0 Å². The number of nitrogens with one attached hydrogen (secondary N) is 1. The Labute approximate surface area is 137 Å². The molecule has 2 aromatic rings. The summed E-state index contributed by atoms with van der Waals surface area (Å²) in [5.41, 5.74) is 2.99. The molecule has 3 rings (SSSR count). The summed E-state index contributed by atoms with van der Waals surface area (Å²) in [7, 11) is -1.85. The van der Waals surface area contributed by atoms with Gasteiger partial charge in [0.05, 0.1) is 11.9 Å². The maximum Gasteiger partial charge on any atom is 0.244 e. The molecule has 124 valence electrons. The molecular weight excluding hydrogens is 310 g/mol. The third-order valence-electron chi connectivity index (χ3n) is 4.83. The molecule has 1 aromatic heterocycles. The highest BCUT2D eigenvalue weighted by Crippen LogP contribution is 2.34. The van der Waals surface area contributed by atoms with Gasteiger partial charge in [-0.2, -0.15) is 5.10 Å². The van der Waals surface area contributed by atoms with E-state index in [-0.39, 0.29) is 16.9 Å². The summed E-state index contributed by atoms with van der Waals surface area (Å²) in [6, 6.07) is 7.95. The highest BCUT2D eigenvalue weighted by molar-refractivity contribution is 7.89. The Bertz CT molecular complexity index is 811. The van der Waals surface area contributed by atoms with E-state index in [9.17, 15) is 8.42 Å². The Morgan fingerprint density at radius 3 is 2.74 bits per heavy atom. The van der Waals surface area contributed by atoms with Gasteiger partial charge in [-0.1, -0.05) is 31.2 Å². The highest BCUT2D eigenvalue weighted by Gasteiger charge is 2.30. The van der Waals surface area contributed by atoms with Gasteiger partial charge in [0.15, 0.2) is 0 Å². The molecule has 0 aliphatic heterocycles. The molecule has 1 aliphatic carbocycles. The lowest BCUT2D eigenvalue weighted by Crippen LogP contribution is -2.32. The fourth-order valence-corrected chi connectivity index (χ4v) is 4.83. The minimum absolute atomic E-state index is 0.196. The quantitative estimate of drug-likeness (QED) is 0.879. The molecular formula is C17H23N3O2S. The number of sulfonamides is 1. The first kappa shape index (κ1) is 16.2. The Balaban J connectivity index is 1.99. The van der Waals surface area contributed by atoms with Crippen molar-refractivity contribution < 1.29 is 8.42 Å². The zero-order valence-corrected chi connectivity index (χ0v) is 14.6. The molecule has 0 bridgehead atoms. The Hall–Kier alpha value is -1.66. The van der Waals surface area contributed by atoms with E-state index in [0.29, 0.717) is 5.69 Å². The van der Waals surface area contributed by atoms with Gasteiger partial charge in [0.2, 0.25) is 10.0 Å². The summed E-state index contributed by atoms with van der Waals surface area (Å²) < 4.78 is 30.2. The van der Waals surface area contributed by atoms with Crippen LogP contribution in [0.5, 0.6) is 0 Å². The van der Waals surface area contributed by atoms with Crippen LogP contribution in [0.15, 0.2) is 35.4 Å². The number of hydrogen-bond donors (Lipinski definition) is 1. The van der Waals surface area contributed by atoms with Gasteiger partial charge in [0, 0.05) is 13.1 Å². The largest absolute Gasteiger partial charge is 0.272 e. The number of fused-ring (bicyclic) bond motifs is 1. The van der Waals surface area contributed by atoms with E-state index in [1.165, 1.54) is 11.8 Å². The van der Waals surface area contributed by atoms with Crippen molar-refractivity contribution in [3.05, 3.63) is 47.3 Å². The van der Waals surface area contributed by atoms with E-state index in [1.54, 1.807) is 18.7 Å². The van der Waals surface area contributed by atoms with Crippen LogP contribution in [0.2, 0.25) is 0 Å². The maximum absolute atomic E-state index is 12.8. The van der Waals surface area contributed by atoms with Crippen molar-refractivity contribution >= 4 is 10.0 Å². The number of nitrogens with zero attached hydrogens (tertiary/aromatic N) is 2. The minimum Gasteiger partial charge on any atom is -0.272 e. The molecule has 0 amide bonds. The second-order valence-corrected chi connectivity index (χ2v) is 8.07. The van der Waals surface area contributed by atoms with Gasteiger partial charge in [-0.15, -0.1) is 0 Å². The number of hydrogen-bond acceptors (Lipinski definition) is 3. The van der Waals surface area contributed by atoms with Crippen LogP contribution in [0, 0.1) is 12.8 Å². The van der Waals surface area contributed by atoms with Gasteiger partial charge >= 0.3 is 0 Å². The van der Waals surface area contributed by atoms with E-state index in [1.807, 2.05) is 18.2 Å². The third-order valence-corrected chi connectivity index (χ3v) is 6.37. The lowest BCUT2D eigenvalue weighted by atomic mass is 9.93. The molecule has 0 saturated heterocycles. The number of aromatic nitrogens is 2. The van der Waals surface area contributed by atoms with E-state index >= 15 is 0 Å². The average Bonchev–Trinajstić information content (AvgIpc) is 2.77. The molecule has 1 aromatic carbocycles. The van der Waals surface area contributed by atoms with Gasteiger partial charge in [-0.3, -0.25) is 4.68 Å². The Kier molecular flexibility index (Phi) is 4.29. The van der Waals surface area contributed by atoms with Crippen molar-refractivity contribution in [2.45, 2.75) is 44.0 Å². The molecule has 2 atom stereocenters. The average molecular weight is 333 g/mol. The molecule has 1 aliphatic rings. The monoisotopic (exact) mass is 333 g/mol. The second kappa shape index (κ2) is 6.09. The highest BCUT2D eigenvalue weighted by atomic mass is 32.2. The molecule has 1 N–H and O–H groups in total. The molecule has 0 spiro atoms. The molecule has 0 radical (unpaired) electrons. The fraction of sp³-hybridized carbons (Fsp3) is 0.471. The molecule has 5 nitrogen and oxygen atoms in total. The van der Waals surface area contributed by atoms with Gasteiger partial charge in [-0.05, 0) is 43.2 Å². The summed E-state index contributed by atoms with van der Waals surface area (Å²) in [6.45, 7) is 3.89. The van der Waals surface area contributed by atoms with Crippen LogP contribution in [0.25, 0.3) is 0 Å². The van der Waals surface area contributed by atoms with Gasteiger partial charge < -0.3 is 0 Å². The smallest absolute Gasteiger partial charge is 0.244 e. The summed E-state index contributed by atoms with van der Waals surface area (Å²) in [5, 5.41) is 4.05. The zero-order chi connectivity index (χ0) is 16.6. The number of aryl methyl sites for hydroxylation is 2. The normalized spacial score (nSPS) is 21.7. The lowest BCUT2D eigenvalue weighted by molar-refractivity contribution is 0.410. The van der Waals surface area contributed by atoms with Crippen molar-refractivity contribution in [2.75, 3.05) is 0 Å². The molecule has 1 heterocycles. The summed E-state index contributed by atoms with van der Waals surface area (Å²) in [4.78, 5) is 0.258. The molecule has 0 fully saturated rings. The van der Waals surface area contributed by atoms with Crippen LogP contribution in [0.4, 0.5) is 0 Å². The van der Waals surface area contributed by atoms with Crippen LogP contribution in [0.1, 0.15) is 42.6 Å². The van der Waals surface area contributed by atoms with Crippen molar-refractivity contribution in [3.63, 3.8) is 0 Å². The standard InChI is InChI=1S/C17H23N3O2S/c1-12-7-6-9-14-8-4-5-10-15(14)17(12)19-23(21,22)16-11-18-20(3)13(16)2/h4-5,8,10-12,17,19H,6-7,9H2,1-3H3. The Morgan fingerprint density at radius 2 is 2.04 bits per heavy atom. The SMILES string of the molecule is Cc1c(S(=O)(=O)NC2c3ccccc3CCCC2C)cnn1C. The van der Waals surface area contributed by atoms with E-state index < -0.39 is 10.0 Å². The molecule has 23 heavy (non-hydrogen) atoms. The van der Waals surface area contributed by atoms with Crippen molar-refractivity contribution in [1.82, 2.24) is 14.5 Å². The predicted molar refractivity (Wildman–Crippen MR) is 89.6 cm³/mol. The predicted octanol–water partition coefficient (Wildman–Crippen LogP) is 2.72. The number of rotatable bonds is 3. The third kappa shape index (κ3) is 3.05. The van der Waals surface area contributed by atoms with Gasteiger partial charge in [0.25, 0.3) is 0 Å². The van der Waals surface area contributed by atoms with E-state index in [2.05, 4.69) is 22.8 Å².